The van der Waals surface area contributed by atoms with Gasteiger partial charge >= 0.3 is 0 Å². The zero-order chi connectivity index (χ0) is 47.4. The number of rotatable bonds is 11. The number of nitro benzene ring substituents is 2. The summed E-state index contributed by atoms with van der Waals surface area (Å²) in [5, 5.41) is 50.3. The third-order valence-corrected chi connectivity index (χ3v) is 11.3. The van der Waals surface area contributed by atoms with E-state index in [1.165, 1.54) is 17.0 Å². The summed E-state index contributed by atoms with van der Waals surface area (Å²) in [6.45, 7) is 7.23. The van der Waals surface area contributed by atoms with Crippen LogP contribution in [0.25, 0.3) is 0 Å². The highest BCUT2D eigenvalue weighted by Crippen LogP contribution is 2.30. The molecule has 0 aromatic heterocycles. The van der Waals surface area contributed by atoms with Crippen LogP contribution in [0.2, 0.25) is 0 Å². The zero-order valence-electron chi connectivity index (χ0n) is 36.8. The van der Waals surface area contributed by atoms with Gasteiger partial charge in [0.05, 0.1) is 15.9 Å². The molecule has 0 unspecified atom stereocenters. The molecule has 0 aliphatic carbocycles. The molecule has 20 nitrogen and oxygen atoms in total. The molecule has 2 saturated heterocycles. The van der Waals surface area contributed by atoms with Gasteiger partial charge in [-0.25, -0.2) is 0 Å². The number of anilines is 1. The molecule has 2 heterocycles. The highest BCUT2D eigenvalue weighted by Gasteiger charge is 2.40. The van der Waals surface area contributed by atoms with Crippen LogP contribution in [0.5, 0.6) is 5.75 Å². The van der Waals surface area contributed by atoms with Crippen molar-refractivity contribution in [2.75, 3.05) is 18.4 Å². The fraction of sp³-hybridized carbons (Fsp3) is 0.467. The van der Waals surface area contributed by atoms with E-state index >= 15 is 0 Å². The molecule has 2 fully saturated rings. The number of carbonyl (C=O) groups is 6. The third kappa shape index (κ3) is 13.4. The summed E-state index contributed by atoms with van der Waals surface area (Å²) in [5.41, 5.74) is -0.141. The van der Waals surface area contributed by atoms with Crippen molar-refractivity contribution in [3.05, 3.63) is 104 Å². The van der Waals surface area contributed by atoms with E-state index in [4.69, 9.17) is 0 Å². The van der Waals surface area contributed by atoms with Gasteiger partial charge in [0.25, 0.3) is 11.4 Å². The first kappa shape index (κ1) is 48.9. The molecule has 0 saturated carbocycles. The summed E-state index contributed by atoms with van der Waals surface area (Å²) in [7, 11) is 0. The Bertz CT molecular complexity index is 2220. The predicted octanol–water partition coefficient (Wildman–Crippen LogP) is 3.02. The molecule has 2 aliphatic rings. The normalized spacial score (nSPS) is 23.0. The van der Waals surface area contributed by atoms with Crippen LogP contribution in [0.3, 0.4) is 0 Å². The Labute approximate surface area is 376 Å². The van der Waals surface area contributed by atoms with Crippen LogP contribution in [-0.2, 0) is 41.6 Å². The monoisotopic (exact) mass is 899 g/mol. The maximum absolute atomic E-state index is 14.7. The molecule has 0 spiro atoms. The van der Waals surface area contributed by atoms with Crippen LogP contribution < -0.4 is 31.9 Å². The average molecular weight is 900 g/mol. The number of nitro groups is 2. The second-order valence-corrected chi connectivity index (χ2v) is 17.1. The summed E-state index contributed by atoms with van der Waals surface area (Å²) in [5.74, 6) is -4.51. The number of fused-ring (bicyclic) bond motifs is 1. The highest BCUT2D eigenvalue weighted by molar-refractivity contribution is 5.97. The van der Waals surface area contributed by atoms with Crippen molar-refractivity contribution in [3.63, 3.8) is 0 Å². The summed E-state index contributed by atoms with van der Waals surface area (Å²) in [4.78, 5) is 109. The number of non-ortho nitro benzene ring substituents is 1. The fourth-order valence-electron chi connectivity index (χ4n) is 7.93. The number of hydrogen-bond acceptors (Lipinski definition) is 12. The number of amides is 6. The number of hydrogen-bond donors (Lipinski definition) is 7. The van der Waals surface area contributed by atoms with E-state index in [0.717, 1.165) is 18.2 Å². The molecule has 7 N–H and O–H groups in total. The first-order valence-corrected chi connectivity index (χ1v) is 21.7. The molecule has 65 heavy (non-hydrogen) atoms. The van der Waals surface area contributed by atoms with Gasteiger partial charge < -0.3 is 41.9 Å². The maximum atomic E-state index is 14.7. The Morgan fingerprint density at radius 2 is 1.34 bits per heavy atom. The zero-order valence-corrected chi connectivity index (χ0v) is 36.8. The highest BCUT2D eigenvalue weighted by atomic mass is 16.6. The largest absolute Gasteiger partial charge is 0.508 e. The minimum absolute atomic E-state index is 0.00612. The standard InChI is InChI=1S/C45H57N9O11/c1-26(2)22-34-41(57)50-36(24-28-10-6-5-7-11-28)45(61)52-21-9-13-37(52)43(59)49-35(23-29-14-17-31(55)18-15-29)42(58)51-39(27(3)4)44(60)46-20-8-12-33(40(56)48-34)47-32-19-16-30(53(62)63)25-38(32)54(64)65/h5-7,10-11,14-19,25-27,33-37,39,47,55H,8-9,12-13,20-24H2,1-4H3,(H,46,60)(H,48,56)(H,49,59)(H,50,57)(H,51,58)/t33-,34+,35-,36+,37-,39-/m0/s1. The van der Waals surface area contributed by atoms with E-state index in [2.05, 4.69) is 31.9 Å². The van der Waals surface area contributed by atoms with Crippen LogP contribution in [0.4, 0.5) is 17.1 Å². The van der Waals surface area contributed by atoms with Gasteiger partial charge in [0, 0.05) is 32.0 Å². The molecular formula is C45H57N9O11. The lowest BCUT2D eigenvalue weighted by atomic mass is 9.99. The van der Waals surface area contributed by atoms with Gasteiger partial charge in [-0.3, -0.25) is 49.0 Å². The SMILES string of the molecule is CC(C)C[C@H]1NC(=O)[C@@H](Nc2ccc([N+](=O)[O-])cc2[N+](=O)[O-])CCCNC(=O)[C@H](C(C)C)NC(=O)[C@H](Cc2ccc(O)cc2)NC(=O)[C@@H]2CCCN2C(=O)[C@@H](Cc2ccccc2)NC1=O. The lowest BCUT2D eigenvalue weighted by Crippen LogP contribution is -2.60. The summed E-state index contributed by atoms with van der Waals surface area (Å²) in [6.07, 6.45) is 0.824. The molecule has 3 aromatic rings. The van der Waals surface area contributed by atoms with Crippen LogP contribution in [0.1, 0.15) is 70.9 Å². The van der Waals surface area contributed by atoms with Gasteiger partial charge in [-0.2, -0.15) is 0 Å². The van der Waals surface area contributed by atoms with Crippen molar-refractivity contribution >= 4 is 52.5 Å². The van der Waals surface area contributed by atoms with Gasteiger partial charge in [-0.1, -0.05) is 70.2 Å². The van der Waals surface area contributed by atoms with Crippen molar-refractivity contribution < 1.29 is 43.7 Å². The van der Waals surface area contributed by atoms with Crippen molar-refractivity contribution in [2.24, 2.45) is 11.8 Å². The Morgan fingerprint density at radius 3 is 1.98 bits per heavy atom. The van der Waals surface area contributed by atoms with Crippen molar-refractivity contribution in [1.82, 2.24) is 31.5 Å². The van der Waals surface area contributed by atoms with Crippen molar-refractivity contribution in [1.29, 1.82) is 0 Å². The number of nitrogens with zero attached hydrogens (tertiary/aromatic N) is 3. The number of nitrogens with one attached hydrogen (secondary N) is 6. The molecule has 348 valence electrons. The summed E-state index contributed by atoms with van der Waals surface area (Å²) < 4.78 is 0. The fourth-order valence-corrected chi connectivity index (χ4v) is 7.93. The molecule has 2 aliphatic heterocycles. The van der Waals surface area contributed by atoms with Crippen molar-refractivity contribution in [3.8, 4) is 5.75 Å². The van der Waals surface area contributed by atoms with Crippen molar-refractivity contribution in [2.45, 2.75) is 109 Å². The lowest BCUT2D eigenvalue weighted by Gasteiger charge is -2.31. The van der Waals surface area contributed by atoms with E-state index < -0.39 is 98.8 Å². The Morgan fingerprint density at radius 1 is 0.708 bits per heavy atom. The second-order valence-electron chi connectivity index (χ2n) is 17.1. The molecule has 0 radical (unpaired) electrons. The predicted molar refractivity (Wildman–Crippen MR) is 238 cm³/mol. The quantitative estimate of drug-likeness (QED) is 0.108. The molecule has 5 rings (SSSR count). The summed E-state index contributed by atoms with van der Waals surface area (Å²) in [6, 6.07) is 10.8. The van der Waals surface area contributed by atoms with E-state index in [9.17, 15) is 54.1 Å². The number of carbonyl (C=O) groups excluding carboxylic acids is 6. The first-order valence-electron chi connectivity index (χ1n) is 21.7. The Hall–Kier alpha value is -7.12. The molecule has 0 bridgehead atoms. The third-order valence-electron chi connectivity index (χ3n) is 11.3. The van der Waals surface area contributed by atoms with Gasteiger partial charge in [0.15, 0.2) is 0 Å². The maximum Gasteiger partial charge on any atom is 0.299 e. The van der Waals surface area contributed by atoms with Gasteiger partial charge in [0.2, 0.25) is 35.4 Å². The Balaban J connectivity index is 1.55. The summed E-state index contributed by atoms with van der Waals surface area (Å²) >= 11 is 0. The Kier molecular flexibility index (Phi) is 16.9. The molecular weight excluding hydrogens is 843 g/mol. The van der Waals surface area contributed by atoms with Crippen LogP contribution in [0.15, 0.2) is 72.8 Å². The molecule has 20 heteroatoms. The van der Waals surface area contributed by atoms with Crippen LogP contribution in [0, 0.1) is 32.1 Å². The number of phenolic OH excluding ortho intramolecular Hbond substituents is 1. The van der Waals surface area contributed by atoms with Gasteiger partial charge in [0.1, 0.15) is 47.7 Å². The minimum atomic E-state index is -1.28. The molecule has 6 atom stereocenters. The lowest BCUT2D eigenvalue weighted by molar-refractivity contribution is -0.393. The number of aromatic hydroxyl groups is 1. The van der Waals surface area contributed by atoms with Gasteiger partial charge in [-0.15, -0.1) is 0 Å². The molecule has 3 aromatic carbocycles. The van der Waals surface area contributed by atoms with E-state index in [-0.39, 0.29) is 69.0 Å². The minimum Gasteiger partial charge on any atom is -0.508 e. The average Bonchev–Trinajstić information content (AvgIpc) is 3.76. The van der Waals surface area contributed by atoms with Crippen LogP contribution >= 0.6 is 0 Å². The molecule has 6 amide bonds. The number of phenols is 1. The smallest absolute Gasteiger partial charge is 0.299 e. The first-order chi connectivity index (χ1) is 30.9. The van der Waals surface area contributed by atoms with E-state index in [1.807, 2.05) is 13.8 Å². The van der Waals surface area contributed by atoms with E-state index in [0.29, 0.717) is 17.5 Å². The second kappa shape index (κ2) is 22.5. The van der Waals surface area contributed by atoms with Gasteiger partial charge in [-0.05, 0) is 73.3 Å². The number of benzene rings is 3. The van der Waals surface area contributed by atoms with Crippen LogP contribution in [-0.4, -0.2) is 105 Å². The topological polar surface area (TPSA) is 284 Å². The van der Waals surface area contributed by atoms with E-state index in [1.54, 1.807) is 56.3 Å².